The number of nitrogens with two attached hydrogens (primary N) is 1. The molecule has 8 heteroatoms. The average Bonchev–Trinajstić information content (AvgIpc) is 3.23. The Kier molecular flexibility index (Phi) is 4.20. The van der Waals surface area contributed by atoms with Crippen LogP contribution in [0.4, 0.5) is 11.4 Å². The lowest BCUT2D eigenvalue weighted by atomic mass is 9.73. The summed E-state index contributed by atoms with van der Waals surface area (Å²) in [5.41, 5.74) is 3.06. The Morgan fingerprint density at radius 2 is 2.10 bits per heavy atom. The van der Waals surface area contributed by atoms with E-state index in [9.17, 15) is 0 Å². The van der Waals surface area contributed by atoms with Crippen LogP contribution in [0.1, 0.15) is 23.4 Å². The normalized spacial score (nSPS) is 20.1. The van der Waals surface area contributed by atoms with E-state index < -0.39 is 5.41 Å². The quantitative estimate of drug-likeness (QED) is 0.627. The molecule has 2 aliphatic heterocycles. The van der Waals surface area contributed by atoms with Crippen molar-refractivity contribution in [2.75, 3.05) is 12.0 Å². The fourth-order valence-electron chi connectivity index (χ4n) is 4.31. The van der Waals surface area contributed by atoms with E-state index in [1.165, 1.54) is 0 Å². The Morgan fingerprint density at radius 1 is 1.28 bits per heavy atom. The van der Waals surface area contributed by atoms with Crippen molar-refractivity contribution >= 4 is 46.0 Å². The van der Waals surface area contributed by atoms with Crippen LogP contribution >= 0.6 is 23.8 Å². The molecule has 3 aromatic rings. The van der Waals surface area contributed by atoms with Gasteiger partial charge in [-0.1, -0.05) is 30.4 Å². The van der Waals surface area contributed by atoms with Crippen molar-refractivity contribution < 1.29 is 14.5 Å². The Bertz CT molecular complexity index is 1160. The van der Waals surface area contributed by atoms with E-state index in [1.54, 1.807) is 13.2 Å². The van der Waals surface area contributed by atoms with Gasteiger partial charge in [-0.25, -0.2) is 4.98 Å². The molecule has 2 aromatic heterocycles. The van der Waals surface area contributed by atoms with Crippen molar-refractivity contribution in [1.82, 2.24) is 4.98 Å². The summed E-state index contributed by atoms with van der Waals surface area (Å²) in [6.45, 7) is 0.459. The molecule has 0 saturated carbocycles. The average molecular weight is 426 g/mol. The van der Waals surface area contributed by atoms with Crippen LogP contribution in [-0.2, 0) is 12.0 Å². The molecule has 146 valence electrons. The first-order valence-electron chi connectivity index (χ1n) is 9.16. The summed E-state index contributed by atoms with van der Waals surface area (Å²) in [4.78, 5) is 7.55. The number of quaternary nitrogens is 1. The van der Waals surface area contributed by atoms with Gasteiger partial charge in [-0.3, -0.25) is 10.7 Å². The zero-order valence-corrected chi connectivity index (χ0v) is 17.2. The van der Waals surface area contributed by atoms with Gasteiger partial charge in [-0.05, 0) is 35.4 Å². The molecule has 0 saturated heterocycles. The van der Waals surface area contributed by atoms with Gasteiger partial charge in [-0.15, -0.1) is 0 Å². The van der Waals surface area contributed by atoms with Crippen molar-refractivity contribution in [3.05, 3.63) is 70.8 Å². The molecule has 1 aromatic carbocycles. The van der Waals surface area contributed by atoms with E-state index in [0.717, 1.165) is 28.4 Å². The second kappa shape index (κ2) is 6.66. The molecule has 0 fully saturated rings. The largest absolute Gasteiger partial charge is 0.481 e. The predicted octanol–water partition coefficient (Wildman–Crippen LogP) is 3.55. The number of nitrogens with zero attached hydrogens (tertiary/aromatic N) is 2. The van der Waals surface area contributed by atoms with Gasteiger partial charge in [0.15, 0.2) is 16.7 Å². The van der Waals surface area contributed by atoms with Crippen molar-refractivity contribution in [3.63, 3.8) is 0 Å². The molecule has 0 bridgehead atoms. The van der Waals surface area contributed by atoms with Crippen LogP contribution in [-0.4, -0.2) is 22.9 Å². The number of rotatable bonds is 3. The third kappa shape index (κ3) is 2.69. The van der Waals surface area contributed by atoms with Gasteiger partial charge >= 0.3 is 0 Å². The van der Waals surface area contributed by atoms with Gasteiger partial charge < -0.3 is 14.1 Å². The maximum absolute atomic E-state index is 8.50. The molecule has 0 amide bonds. The Balaban J connectivity index is 1.71. The summed E-state index contributed by atoms with van der Waals surface area (Å²) in [7, 11) is 1.60. The maximum atomic E-state index is 8.50. The summed E-state index contributed by atoms with van der Waals surface area (Å²) in [6, 6.07) is 15.4. The summed E-state index contributed by atoms with van der Waals surface area (Å²) < 4.78 is 11.0. The molecular weight excluding hydrogens is 408 g/mol. The first-order chi connectivity index (χ1) is 14.0. The standard InChI is InChI=1S/C21H17ClN4O2S/c1-27-18-9-7-14-19(25-18)21(10-17(23)24-14)13-4-2-3-5-15(13)26(20(21)29)11-12-6-8-16(22)28-12/h2-9H,10-11H2,1H3,(H2,23,24)/p+1. The Labute approximate surface area is 178 Å². The smallest absolute Gasteiger partial charge is 0.213 e. The van der Waals surface area contributed by atoms with Crippen molar-refractivity contribution in [2.24, 2.45) is 0 Å². The first kappa shape index (κ1) is 18.3. The molecule has 3 N–H and O–H groups in total. The molecule has 4 heterocycles. The summed E-state index contributed by atoms with van der Waals surface area (Å²) in [5, 5.41) is 10.7. The minimum atomic E-state index is -0.696. The number of benzene rings is 1. The number of fused-ring (bicyclic) bond motifs is 4. The number of methoxy groups -OCH3 is 1. The van der Waals surface area contributed by atoms with Crippen molar-refractivity contribution in [1.29, 1.82) is 5.41 Å². The number of para-hydroxylation sites is 1. The highest BCUT2D eigenvalue weighted by Gasteiger charge is 2.55. The molecule has 1 atom stereocenters. The summed E-state index contributed by atoms with van der Waals surface area (Å²) in [6.07, 6.45) is 0.450. The third-order valence-electron chi connectivity index (χ3n) is 5.51. The van der Waals surface area contributed by atoms with Crippen LogP contribution in [0.3, 0.4) is 0 Å². The number of amidine groups is 1. The number of anilines is 1. The lowest BCUT2D eigenvalue weighted by molar-refractivity contribution is -0.452. The van der Waals surface area contributed by atoms with E-state index in [4.69, 9.17) is 43.4 Å². The highest BCUT2D eigenvalue weighted by molar-refractivity contribution is 7.80. The minimum Gasteiger partial charge on any atom is -0.481 e. The van der Waals surface area contributed by atoms with E-state index >= 15 is 0 Å². The second-order valence-electron chi connectivity index (χ2n) is 7.16. The number of furan rings is 1. The van der Waals surface area contributed by atoms with E-state index in [0.29, 0.717) is 34.9 Å². The Morgan fingerprint density at radius 3 is 2.86 bits per heavy atom. The number of nitrogens with one attached hydrogen (secondary N) is 1. The van der Waals surface area contributed by atoms with Crippen molar-refractivity contribution in [3.8, 4) is 5.88 Å². The number of aromatic nitrogens is 1. The fourth-order valence-corrected chi connectivity index (χ4v) is 4.91. The molecule has 6 nitrogen and oxygen atoms in total. The van der Waals surface area contributed by atoms with Gasteiger partial charge in [-0.2, -0.15) is 0 Å². The molecule has 29 heavy (non-hydrogen) atoms. The van der Waals surface area contributed by atoms with Crippen LogP contribution in [0.5, 0.6) is 5.88 Å². The number of halogens is 1. The lowest BCUT2D eigenvalue weighted by Gasteiger charge is -2.34. The third-order valence-corrected chi connectivity index (χ3v) is 6.28. The summed E-state index contributed by atoms with van der Waals surface area (Å²) in [5.74, 6) is 1.77. The van der Waals surface area contributed by atoms with Crippen LogP contribution in [0.2, 0.25) is 5.22 Å². The molecule has 0 aliphatic carbocycles. The van der Waals surface area contributed by atoms with Gasteiger partial charge in [0.05, 0.1) is 20.1 Å². The minimum absolute atomic E-state index is 0.346. The highest BCUT2D eigenvalue weighted by Crippen LogP contribution is 2.51. The molecule has 2 aliphatic rings. The van der Waals surface area contributed by atoms with Gasteiger partial charge in [0.2, 0.25) is 5.88 Å². The second-order valence-corrected chi connectivity index (χ2v) is 7.92. The van der Waals surface area contributed by atoms with Gasteiger partial charge in [0.25, 0.3) is 0 Å². The number of pyridine rings is 1. The molecule has 1 unspecified atom stereocenters. The SMILES string of the molecule is COc1ccc2c(n1)C1(CC(=N)[NH2+]2)C(=S)N(Cc2ccc(Cl)o2)c2ccccc21. The number of hydrogen-bond acceptors (Lipinski definition) is 5. The van der Waals surface area contributed by atoms with Crippen LogP contribution in [0.25, 0.3) is 0 Å². The van der Waals surface area contributed by atoms with Crippen LogP contribution in [0.15, 0.2) is 52.9 Å². The topological polar surface area (TPSA) is 79.0 Å². The Hall–Kier alpha value is -2.74. The predicted molar refractivity (Wildman–Crippen MR) is 114 cm³/mol. The fraction of sp³-hybridized carbons (Fsp3) is 0.190. The van der Waals surface area contributed by atoms with E-state index in [1.807, 2.05) is 41.7 Å². The first-order valence-corrected chi connectivity index (χ1v) is 9.95. The van der Waals surface area contributed by atoms with E-state index in [2.05, 4.69) is 11.0 Å². The monoisotopic (exact) mass is 425 g/mol. The van der Waals surface area contributed by atoms with Gasteiger partial charge in [0.1, 0.15) is 21.9 Å². The molecule has 5 rings (SSSR count). The zero-order chi connectivity index (χ0) is 20.2. The zero-order valence-electron chi connectivity index (χ0n) is 15.6. The van der Waals surface area contributed by atoms with Crippen LogP contribution < -0.4 is 15.0 Å². The highest BCUT2D eigenvalue weighted by atomic mass is 35.5. The molecular formula is C21H18ClN4O2S+. The molecule has 0 radical (unpaired) electrons. The maximum Gasteiger partial charge on any atom is 0.213 e. The van der Waals surface area contributed by atoms with Crippen molar-refractivity contribution in [2.45, 2.75) is 18.4 Å². The van der Waals surface area contributed by atoms with Crippen LogP contribution in [0, 0.1) is 5.41 Å². The van der Waals surface area contributed by atoms with Gasteiger partial charge in [0, 0.05) is 17.8 Å². The molecule has 1 spiro atoms. The summed E-state index contributed by atoms with van der Waals surface area (Å²) >= 11 is 12.0. The number of ether oxygens (including phenoxy) is 1. The van der Waals surface area contributed by atoms with E-state index in [-0.39, 0.29) is 0 Å². The number of thiocarbonyl (C=S) groups is 1. The number of hydrogen-bond donors (Lipinski definition) is 2. The lowest BCUT2D eigenvalue weighted by Crippen LogP contribution is -2.85.